The van der Waals surface area contributed by atoms with Crippen LogP contribution in [-0.2, 0) is 10.0 Å². The van der Waals surface area contributed by atoms with Crippen molar-refractivity contribution in [2.24, 2.45) is 0 Å². The van der Waals surface area contributed by atoms with Crippen molar-refractivity contribution in [3.05, 3.63) is 66.0 Å². The molecule has 0 aliphatic carbocycles. The Hall–Kier alpha value is -2.99. The first kappa shape index (κ1) is 22.5. The van der Waals surface area contributed by atoms with Crippen LogP contribution in [0.3, 0.4) is 0 Å². The number of halogens is 2. The number of hydrogen-bond donors (Lipinski definition) is 0. The summed E-state index contributed by atoms with van der Waals surface area (Å²) >= 11 is 7.36. The fourth-order valence-electron chi connectivity index (χ4n) is 4.56. The number of rotatable bonds is 4. The van der Waals surface area contributed by atoms with E-state index in [0.29, 0.717) is 59.0 Å². The molecule has 5 heterocycles. The molecule has 5 aromatic rings. The average Bonchev–Trinajstić information content (AvgIpc) is 3.45. The Morgan fingerprint density at radius 3 is 2.74 bits per heavy atom. The van der Waals surface area contributed by atoms with Gasteiger partial charge in [-0.15, -0.1) is 0 Å². The SMILES string of the molecule is O=S(=O)(c1ccc2snc(Cl)c2c1)N1CCC(n2c(-c3ccncc3F)nc3cccnc32)CC1. The van der Waals surface area contributed by atoms with Crippen LogP contribution in [0.1, 0.15) is 18.9 Å². The Labute approximate surface area is 209 Å². The number of fused-ring (bicyclic) bond motifs is 2. The predicted molar refractivity (Wildman–Crippen MR) is 132 cm³/mol. The molecule has 0 spiro atoms. The first-order valence-electron chi connectivity index (χ1n) is 10.9. The number of hydrogen-bond acceptors (Lipinski definition) is 7. The van der Waals surface area contributed by atoms with Crippen molar-refractivity contribution in [2.75, 3.05) is 13.1 Å². The van der Waals surface area contributed by atoms with Crippen LogP contribution in [0.5, 0.6) is 0 Å². The summed E-state index contributed by atoms with van der Waals surface area (Å²) in [6.45, 7) is 0.622. The van der Waals surface area contributed by atoms with Crippen LogP contribution in [0.25, 0.3) is 32.6 Å². The zero-order valence-corrected chi connectivity index (χ0v) is 20.6. The molecule has 178 valence electrons. The van der Waals surface area contributed by atoms with Crippen molar-refractivity contribution in [3.63, 3.8) is 0 Å². The van der Waals surface area contributed by atoms with Gasteiger partial charge in [0.15, 0.2) is 16.6 Å². The highest BCUT2D eigenvalue weighted by atomic mass is 35.5. The summed E-state index contributed by atoms with van der Waals surface area (Å²) in [5.41, 5.74) is 1.64. The molecular weight excluding hydrogens is 511 g/mol. The van der Waals surface area contributed by atoms with E-state index in [0.717, 1.165) is 10.9 Å². The zero-order chi connectivity index (χ0) is 24.2. The maximum atomic E-state index is 14.6. The van der Waals surface area contributed by atoms with Gasteiger partial charge < -0.3 is 4.57 Å². The lowest BCUT2D eigenvalue weighted by atomic mass is 10.1. The minimum atomic E-state index is -3.71. The number of aromatic nitrogens is 5. The second-order valence-electron chi connectivity index (χ2n) is 8.27. The third kappa shape index (κ3) is 3.79. The molecule has 0 radical (unpaired) electrons. The van der Waals surface area contributed by atoms with Crippen LogP contribution in [0, 0.1) is 5.82 Å². The van der Waals surface area contributed by atoms with Crippen molar-refractivity contribution < 1.29 is 12.8 Å². The summed E-state index contributed by atoms with van der Waals surface area (Å²) in [7, 11) is -3.71. The van der Waals surface area contributed by atoms with Crippen LogP contribution < -0.4 is 0 Å². The molecule has 1 aliphatic rings. The average molecular weight is 529 g/mol. The van der Waals surface area contributed by atoms with Crippen molar-refractivity contribution >= 4 is 54.4 Å². The Balaban J connectivity index is 1.32. The molecule has 12 heteroatoms. The van der Waals surface area contributed by atoms with Crippen LogP contribution in [0.2, 0.25) is 5.15 Å². The Bertz CT molecular complexity index is 1680. The van der Waals surface area contributed by atoms with Gasteiger partial charge in [-0.1, -0.05) is 11.6 Å². The minimum absolute atomic E-state index is 0.0955. The van der Waals surface area contributed by atoms with Gasteiger partial charge in [0.05, 0.1) is 21.4 Å². The first-order valence-corrected chi connectivity index (χ1v) is 13.5. The quantitative estimate of drug-likeness (QED) is 0.328. The molecule has 0 N–H and O–H groups in total. The Morgan fingerprint density at radius 2 is 1.94 bits per heavy atom. The fraction of sp³-hybridized carbons (Fsp3) is 0.217. The van der Waals surface area contributed by atoms with Gasteiger partial charge in [0.2, 0.25) is 10.0 Å². The topological polar surface area (TPSA) is 93.9 Å². The number of sulfonamides is 1. The molecule has 1 saturated heterocycles. The summed E-state index contributed by atoms with van der Waals surface area (Å²) < 4.78 is 49.7. The molecule has 0 saturated carbocycles. The second kappa shape index (κ2) is 8.59. The summed E-state index contributed by atoms with van der Waals surface area (Å²) in [4.78, 5) is 13.2. The van der Waals surface area contributed by atoms with E-state index in [4.69, 9.17) is 11.6 Å². The lowest BCUT2D eigenvalue weighted by molar-refractivity contribution is 0.278. The number of piperidine rings is 1. The highest BCUT2D eigenvalue weighted by Gasteiger charge is 2.32. The van der Waals surface area contributed by atoms with Gasteiger partial charge in [0, 0.05) is 36.9 Å². The number of benzene rings is 1. The molecule has 0 atom stereocenters. The highest BCUT2D eigenvalue weighted by Crippen LogP contribution is 2.35. The van der Waals surface area contributed by atoms with E-state index in [1.807, 2.05) is 10.6 Å². The van der Waals surface area contributed by atoms with Gasteiger partial charge in [-0.3, -0.25) is 4.98 Å². The molecule has 4 aromatic heterocycles. The minimum Gasteiger partial charge on any atom is -0.305 e. The molecule has 0 bridgehead atoms. The van der Waals surface area contributed by atoms with Crippen molar-refractivity contribution in [1.29, 1.82) is 0 Å². The Morgan fingerprint density at radius 1 is 1.11 bits per heavy atom. The number of imidazole rings is 1. The van der Waals surface area contributed by atoms with Gasteiger partial charge in [0.1, 0.15) is 11.3 Å². The van der Waals surface area contributed by atoms with Crippen LogP contribution in [-0.4, -0.2) is 49.7 Å². The third-order valence-corrected chi connectivity index (χ3v) is 9.40. The van der Waals surface area contributed by atoms with E-state index in [1.165, 1.54) is 22.0 Å². The normalized spacial score (nSPS) is 15.8. The van der Waals surface area contributed by atoms with Gasteiger partial charge in [-0.05, 0) is 60.8 Å². The second-order valence-corrected chi connectivity index (χ2v) is 11.4. The largest absolute Gasteiger partial charge is 0.305 e. The van der Waals surface area contributed by atoms with Crippen LogP contribution in [0.4, 0.5) is 4.39 Å². The predicted octanol–water partition coefficient (Wildman–Crippen LogP) is 4.92. The van der Waals surface area contributed by atoms with E-state index >= 15 is 0 Å². The molecule has 1 aliphatic heterocycles. The zero-order valence-electron chi connectivity index (χ0n) is 18.2. The van der Waals surface area contributed by atoms with E-state index < -0.39 is 15.8 Å². The molecule has 6 rings (SSSR count). The van der Waals surface area contributed by atoms with E-state index in [2.05, 4.69) is 19.3 Å². The fourth-order valence-corrected chi connectivity index (χ4v) is 7.03. The van der Waals surface area contributed by atoms with Crippen LogP contribution >= 0.6 is 23.1 Å². The Kier molecular flexibility index (Phi) is 5.52. The maximum absolute atomic E-state index is 14.6. The molecule has 1 aromatic carbocycles. The molecular formula is C23H18ClFN6O2S2. The monoisotopic (exact) mass is 528 g/mol. The van der Waals surface area contributed by atoms with E-state index in [1.54, 1.807) is 36.5 Å². The van der Waals surface area contributed by atoms with Crippen molar-refractivity contribution in [2.45, 2.75) is 23.8 Å². The van der Waals surface area contributed by atoms with E-state index in [9.17, 15) is 12.8 Å². The lowest BCUT2D eigenvalue weighted by Crippen LogP contribution is -2.39. The summed E-state index contributed by atoms with van der Waals surface area (Å²) in [5.74, 6) is -0.00833. The maximum Gasteiger partial charge on any atom is 0.243 e. The van der Waals surface area contributed by atoms with Crippen molar-refractivity contribution in [1.82, 2.24) is 28.2 Å². The number of pyridine rings is 2. The number of nitrogens with zero attached hydrogens (tertiary/aromatic N) is 6. The standard InChI is InChI=1S/C23H18ClFN6O2S2/c24-21-17-12-15(3-4-20(17)34-29-21)35(32,33)30-10-6-14(7-11-30)31-22(16-5-9-26-13-18(16)25)28-19-2-1-8-27-23(19)31/h1-5,8-9,12-14H,6-7,10-11H2. The third-order valence-electron chi connectivity index (χ3n) is 6.29. The highest BCUT2D eigenvalue weighted by molar-refractivity contribution is 7.89. The molecule has 0 unspecified atom stereocenters. The summed E-state index contributed by atoms with van der Waals surface area (Å²) in [6.07, 6.45) is 5.42. The van der Waals surface area contributed by atoms with E-state index in [-0.39, 0.29) is 10.9 Å². The summed E-state index contributed by atoms with van der Waals surface area (Å²) in [5, 5.41) is 0.934. The lowest BCUT2D eigenvalue weighted by Gasteiger charge is -2.32. The van der Waals surface area contributed by atoms with Gasteiger partial charge in [-0.25, -0.2) is 22.8 Å². The molecule has 1 fully saturated rings. The molecule has 8 nitrogen and oxygen atoms in total. The van der Waals surface area contributed by atoms with Crippen LogP contribution in [0.15, 0.2) is 59.9 Å². The smallest absolute Gasteiger partial charge is 0.243 e. The molecule has 0 amide bonds. The van der Waals surface area contributed by atoms with Gasteiger partial charge >= 0.3 is 0 Å². The first-order chi connectivity index (χ1) is 16.9. The van der Waals surface area contributed by atoms with Crippen molar-refractivity contribution in [3.8, 4) is 11.4 Å². The van der Waals surface area contributed by atoms with Gasteiger partial charge in [-0.2, -0.15) is 8.68 Å². The summed E-state index contributed by atoms with van der Waals surface area (Å²) in [6, 6.07) is 10.0. The van der Waals surface area contributed by atoms with Gasteiger partial charge in [0.25, 0.3) is 0 Å². The molecule has 35 heavy (non-hydrogen) atoms.